The lowest BCUT2D eigenvalue weighted by Crippen LogP contribution is -2.45. The number of benzene rings is 2. The lowest BCUT2D eigenvalue weighted by molar-refractivity contribution is -0.147. The summed E-state index contributed by atoms with van der Waals surface area (Å²) in [7, 11) is 1.31. The van der Waals surface area contributed by atoms with E-state index in [1.807, 2.05) is 45.0 Å². The number of methoxy groups -OCH3 is 1. The molecule has 9 nitrogen and oxygen atoms in total. The Morgan fingerprint density at radius 3 is 2.42 bits per heavy atom. The first-order chi connectivity index (χ1) is 17.1. The lowest BCUT2D eigenvalue weighted by Gasteiger charge is -2.18. The van der Waals surface area contributed by atoms with Gasteiger partial charge in [-0.1, -0.05) is 29.8 Å². The molecule has 1 aliphatic rings. The Morgan fingerprint density at radius 1 is 1.14 bits per heavy atom. The predicted octanol–water partition coefficient (Wildman–Crippen LogP) is 4.01. The van der Waals surface area contributed by atoms with Crippen LogP contribution < -0.4 is 21.4 Å². The van der Waals surface area contributed by atoms with Crippen molar-refractivity contribution >= 4 is 33.5 Å². The van der Waals surface area contributed by atoms with Crippen molar-refractivity contribution in [2.75, 3.05) is 12.4 Å². The van der Waals surface area contributed by atoms with Crippen LogP contribution in [0.5, 0.6) is 5.75 Å². The molecule has 4 rings (SSSR count). The van der Waals surface area contributed by atoms with Crippen molar-refractivity contribution in [2.45, 2.75) is 52.8 Å². The molecule has 0 aliphatic heterocycles. The number of hydrogen-bond acceptors (Lipinski definition) is 7. The monoisotopic (exact) mass is 556 g/mol. The van der Waals surface area contributed by atoms with E-state index in [9.17, 15) is 14.4 Å². The van der Waals surface area contributed by atoms with E-state index in [-0.39, 0.29) is 25.1 Å². The van der Waals surface area contributed by atoms with Crippen LogP contribution in [0.2, 0.25) is 0 Å². The van der Waals surface area contributed by atoms with E-state index in [2.05, 4.69) is 26.2 Å². The van der Waals surface area contributed by atoms with E-state index in [4.69, 9.17) is 9.47 Å². The molecule has 1 N–H and O–H groups in total. The van der Waals surface area contributed by atoms with Gasteiger partial charge in [0.05, 0.1) is 29.6 Å². The van der Waals surface area contributed by atoms with Gasteiger partial charge in [0, 0.05) is 12.2 Å². The number of halogens is 1. The smallest absolute Gasteiger partial charge is 0.354 e. The molecular weight excluding hydrogens is 528 g/mol. The van der Waals surface area contributed by atoms with E-state index >= 15 is 0 Å². The van der Waals surface area contributed by atoms with Gasteiger partial charge in [-0.05, 0) is 73.3 Å². The average Bonchev–Trinajstić information content (AvgIpc) is 3.62. The van der Waals surface area contributed by atoms with Gasteiger partial charge in [-0.3, -0.25) is 9.36 Å². The highest BCUT2D eigenvalue weighted by Crippen LogP contribution is 2.47. The molecule has 36 heavy (non-hydrogen) atoms. The van der Waals surface area contributed by atoms with Crippen LogP contribution in [0.15, 0.2) is 56.5 Å². The summed E-state index contributed by atoms with van der Waals surface area (Å²) in [5.74, 6) is 0.359. The Labute approximate surface area is 217 Å². The molecule has 0 bridgehead atoms. The molecule has 1 saturated carbocycles. The second-order valence-corrected chi connectivity index (χ2v) is 10.2. The Balaban J connectivity index is 1.74. The zero-order valence-electron chi connectivity index (χ0n) is 20.7. The van der Waals surface area contributed by atoms with Crippen LogP contribution in [-0.4, -0.2) is 33.3 Å². The number of aromatic nitrogens is 3. The minimum atomic E-state index is -0.854. The van der Waals surface area contributed by atoms with Crippen molar-refractivity contribution in [3.63, 3.8) is 0 Å². The molecule has 0 radical (unpaired) electrons. The lowest BCUT2D eigenvalue weighted by atomic mass is 10.1. The Bertz CT molecular complexity index is 1390. The fourth-order valence-corrected chi connectivity index (χ4v) is 4.40. The summed E-state index contributed by atoms with van der Waals surface area (Å²) in [6.07, 6.45) is 1.12. The molecule has 1 aromatic heterocycles. The maximum Gasteiger partial charge on any atom is 0.354 e. The van der Waals surface area contributed by atoms with E-state index in [1.165, 1.54) is 11.7 Å². The topological polar surface area (TPSA) is 104 Å². The quantitative estimate of drug-likeness (QED) is 0.397. The van der Waals surface area contributed by atoms with Crippen LogP contribution in [0.4, 0.5) is 11.6 Å². The number of ether oxygens (including phenoxy) is 2. The van der Waals surface area contributed by atoms with Gasteiger partial charge in [-0.15, -0.1) is 0 Å². The number of esters is 1. The molecule has 3 aromatic rings. The zero-order valence-corrected chi connectivity index (χ0v) is 22.3. The minimum Gasteiger partial charge on any atom is -0.490 e. The summed E-state index contributed by atoms with van der Waals surface area (Å²) in [4.78, 5) is 43.0. The third kappa shape index (κ3) is 5.53. The number of nitrogens with zero attached hydrogens (tertiary/aromatic N) is 3. The summed E-state index contributed by atoms with van der Waals surface area (Å²) < 4.78 is 13.8. The highest BCUT2D eigenvalue weighted by atomic mass is 79.9. The largest absolute Gasteiger partial charge is 0.490 e. The molecule has 0 amide bonds. The van der Waals surface area contributed by atoms with Gasteiger partial charge in [0.15, 0.2) is 0 Å². The Kier molecular flexibility index (Phi) is 7.35. The highest BCUT2D eigenvalue weighted by molar-refractivity contribution is 9.10. The van der Waals surface area contributed by atoms with Crippen LogP contribution in [-0.2, 0) is 22.6 Å². The highest BCUT2D eigenvalue weighted by Gasteiger charge is 2.52. The van der Waals surface area contributed by atoms with Crippen LogP contribution in [0.3, 0.4) is 0 Å². The zero-order chi connectivity index (χ0) is 26.0. The molecule has 10 heteroatoms. The van der Waals surface area contributed by atoms with Crippen molar-refractivity contribution < 1.29 is 14.3 Å². The molecule has 0 unspecified atom stereocenters. The molecule has 0 saturated heterocycles. The molecule has 2 aromatic carbocycles. The molecule has 190 valence electrons. The first-order valence-corrected chi connectivity index (χ1v) is 12.5. The number of hydrogen-bond donors (Lipinski definition) is 1. The maximum absolute atomic E-state index is 13.6. The van der Waals surface area contributed by atoms with Gasteiger partial charge in [0.1, 0.15) is 5.75 Å². The number of anilines is 2. The summed E-state index contributed by atoms with van der Waals surface area (Å²) >= 11 is 3.51. The molecule has 0 spiro atoms. The first kappa shape index (κ1) is 25.7. The van der Waals surface area contributed by atoms with Crippen molar-refractivity contribution in [3.8, 4) is 5.75 Å². The van der Waals surface area contributed by atoms with Crippen molar-refractivity contribution in [1.29, 1.82) is 0 Å². The van der Waals surface area contributed by atoms with Gasteiger partial charge in [-0.25, -0.2) is 14.2 Å². The predicted molar refractivity (Wildman–Crippen MR) is 140 cm³/mol. The van der Waals surface area contributed by atoms with Crippen LogP contribution in [0.25, 0.3) is 0 Å². The number of rotatable bonds is 9. The summed E-state index contributed by atoms with van der Waals surface area (Å²) in [5, 5.41) is 3.11. The van der Waals surface area contributed by atoms with E-state index in [0.29, 0.717) is 24.3 Å². The Morgan fingerprint density at radius 2 is 1.83 bits per heavy atom. The molecule has 1 fully saturated rings. The normalized spacial score (nSPS) is 13.9. The van der Waals surface area contributed by atoms with E-state index < -0.39 is 22.8 Å². The third-order valence-corrected chi connectivity index (χ3v) is 6.71. The molecule has 1 heterocycles. The summed E-state index contributed by atoms with van der Waals surface area (Å²) in [6, 6.07) is 13.1. The van der Waals surface area contributed by atoms with Gasteiger partial charge in [0.2, 0.25) is 5.95 Å². The number of carbonyl (C=O) groups excluding carboxylic acids is 1. The summed E-state index contributed by atoms with van der Waals surface area (Å²) in [6.45, 7) is 5.98. The third-order valence-electron chi connectivity index (χ3n) is 6.09. The number of carbonyl (C=O) groups is 1. The molecule has 0 atom stereocenters. The van der Waals surface area contributed by atoms with Crippen molar-refractivity contribution in [3.05, 3.63) is 79.0 Å². The van der Waals surface area contributed by atoms with Gasteiger partial charge in [-0.2, -0.15) is 4.98 Å². The first-order valence-electron chi connectivity index (χ1n) is 11.7. The second-order valence-electron chi connectivity index (χ2n) is 9.37. The molecule has 1 aliphatic carbocycles. The van der Waals surface area contributed by atoms with Crippen molar-refractivity contribution in [2.24, 2.45) is 5.41 Å². The standard InChI is InChI=1S/C26H29BrN4O5/c1-16(2)36-21-10-9-19(13-20(21)27)28-23-29-24(33)31(15-26(11-12-26)22(32)35-4)25(34)30(23)14-18-7-5-17(3)6-8-18/h5-10,13,16H,11-12,14-15H2,1-4H3,(H,28,29,33). The van der Waals surface area contributed by atoms with E-state index in [1.54, 1.807) is 18.2 Å². The fourth-order valence-electron chi connectivity index (χ4n) is 3.93. The average molecular weight is 557 g/mol. The second kappa shape index (κ2) is 10.3. The Hall–Kier alpha value is -3.40. The minimum absolute atomic E-state index is 0.00815. The van der Waals surface area contributed by atoms with Crippen molar-refractivity contribution in [1.82, 2.24) is 14.1 Å². The fraction of sp³-hybridized carbons (Fsp3) is 0.385. The maximum atomic E-state index is 13.6. The van der Waals surface area contributed by atoms with Crippen LogP contribution in [0, 0.1) is 12.3 Å². The van der Waals surface area contributed by atoms with E-state index in [0.717, 1.165) is 20.2 Å². The molecular formula is C26H29BrN4O5. The number of aryl methyl sites for hydroxylation is 1. The van der Waals surface area contributed by atoms with Gasteiger partial charge < -0.3 is 14.8 Å². The summed E-state index contributed by atoms with van der Waals surface area (Å²) in [5.41, 5.74) is 0.452. The number of nitrogens with one attached hydrogen (secondary N) is 1. The van der Waals surface area contributed by atoms with Crippen LogP contribution >= 0.6 is 15.9 Å². The SMILES string of the molecule is COC(=O)C1(Cn2c(=O)nc(Nc3ccc(OC(C)C)c(Br)c3)n(Cc3ccc(C)cc3)c2=O)CC1. The van der Waals surface area contributed by atoms with Crippen LogP contribution in [0.1, 0.15) is 37.8 Å². The van der Waals surface area contributed by atoms with Gasteiger partial charge >= 0.3 is 17.3 Å². The van der Waals surface area contributed by atoms with Gasteiger partial charge in [0.25, 0.3) is 0 Å².